The van der Waals surface area contributed by atoms with Crippen LogP contribution in [-0.2, 0) is 4.79 Å². The quantitative estimate of drug-likeness (QED) is 0.875. The SMILES string of the molecule is CC(C)N(CC(N)=O)c1ccc([C@@H](C)O)cc1Br. The van der Waals surface area contributed by atoms with Crippen molar-refractivity contribution >= 4 is 27.5 Å². The molecule has 0 aliphatic heterocycles. The summed E-state index contributed by atoms with van der Waals surface area (Å²) >= 11 is 3.47. The second-order valence-corrected chi connectivity index (χ2v) is 5.43. The standard InChI is InChI=1S/C13H19BrN2O2/c1-8(2)16(7-13(15)18)12-5-4-10(9(3)17)6-11(12)14/h4-6,8-9,17H,7H2,1-3H3,(H2,15,18)/t9-/m1/s1. The Kier molecular flexibility index (Phi) is 5.16. The Labute approximate surface area is 116 Å². The number of amides is 1. The molecule has 1 rings (SSSR count). The molecule has 1 amide bonds. The van der Waals surface area contributed by atoms with Crippen LogP contribution in [0.4, 0.5) is 5.69 Å². The topological polar surface area (TPSA) is 66.6 Å². The average molecular weight is 315 g/mol. The predicted molar refractivity (Wildman–Crippen MR) is 76.5 cm³/mol. The number of carbonyl (C=O) groups is 1. The molecular weight excluding hydrogens is 296 g/mol. The van der Waals surface area contributed by atoms with Gasteiger partial charge in [0.05, 0.1) is 18.3 Å². The maximum atomic E-state index is 11.1. The van der Waals surface area contributed by atoms with Gasteiger partial charge in [0.2, 0.25) is 5.91 Å². The fourth-order valence-electron chi connectivity index (χ4n) is 1.73. The normalized spacial score (nSPS) is 12.6. The third kappa shape index (κ3) is 3.71. The van der Waals surface area contributed by atoms with Crippen molar-refractivity contribution in [1.29, 1.82) is 0 Å². The highest BCUT2D eigenvalue weighted by Crippen LogP contribution is 2.30. The molecule has 0 saturated heterocycles. The van der Waals surface area contributed by atoms with E-state index in [1.165, 1.54) is 0 Å². The Morgan fingerprint density at radius 2 is 2.06 bits per heavy atom. The number of aliphatic hydroxyl groups excluding tert-OH is 1. The van der Waals surface area contributed by atoms with Crippen LogP contribution in [0.25, 0.3) is 0 Å². The number of aliphatic hydroxyl groups is 1. The molecular formula is C13H19BrN2O2. The van der Waals surface area contributed by atoms with Crippen LogP contribution in [0, 0.1) is 0 Å². The van der Waals surface area contributed by atoms with Gasteiger partial charge < -0.3 is 15.7 Å². The lowest BCUT2D eigenvalue weighted by Crippen LogP contribution is -2.38. The number of nitrogens with zero attached hydrogens (tertiary/aromatic N) is 1. The molecule has 4 nitrogen and oxygen atoms in total. The van der Waals surface area contributed by atoms with Crippen molar-refractivity contribution in [1.82, 2.24) is 0 Å². The van der Waals surface area contributed by atoms with Gasteiger partial charge in [-0.25, -0.2) is 0 Å². The van der Waals surface area contributed by atoms with Gasteiger partial charge in [-0.15, -0.1) is 0 Å². The summed E-state index contributed by atoms with van der Waals surface area (Å²) in [6, 6.07) is 5.75. The number of hydrogen-bond donors (Lipinski definition) is 2. The number of benzene rings is 1. The van der Waals surface area contributed by atoms with Gasteiger partial charge in [-0.05, 0) is 54.4 Å². The molecule has 0 saturated carbocycles. The summed E-state index contributed by atoms with van der Waals surface area (Å²) in [5.74, 6) is -0.366. The fraction of sp³-hybridized carbons (Fsp3) is 0.462. The Hall–Kier alpha value is -1.07. The monoisotopic (exact) mass is 314 g/mol. The first-order chi connectivity index (χ1) is 8.32. The zero-order chi connectivity index (χ0) is 13.9. The van der Waals surface area contributed by atoms with E-state index in [2.05, 4.69) is 15.9 Å². The first kappa shape index (κ1) is 15.0. The van der Waals surface area contributed by atoms with Crippen molar-refractivity contribution in [2.24, 2.45) is 5.73 Å². The van der Waals surface area contributed by atoms with Crippen LogP contribution in [0.15, 0.2) is 22.7 Å². The largest absolute Gasteiger partial charge is 0.389 e. The summed E-state index contributed by atoms with van der Waals surface area (Å²) in [5.41, 5.74) is 6.98. The number of hydrogen-bond acceptors (Lipinski definition) is 3. The molecule has 0 aromatic heterocycles. The molecule has 0 bridgehead atoms. The third-order valence-electron chi connectivity index (χ3n) is 2.71. The van der Waals surface area contributed by atoms with Crippen LogP contribution >= 0.6 is 15.9 Å². The van der Waals surface area contributed by atoms with Gasteiger partial charge in [-0.1, -0.05) is 6.07 Å². The molecule has 0 radical (unpaired) electrons. The smallest absolute Gasteiger partial charge is 0.236 e. The predicted octanol–water partition coefficient (Wildman–Crippen LogP) is 2.20. The minimum atomic E-state index is -0.515. The molecule has 3 N–H and O–H groups in total. The second-order valence-electron chi connectivity index (χ2n) is 4.57. The number of primary amides is 1. The number of rotatable bonds is 5. The van der Waals surface area contributed by atoms with E-state index in [1.54, 1.807) is 6.92 Å². The van der Waals surface area contributed by atoms with Gasteiger partial charge >= 0.3 is 0 Å². The van der Waals surface area contributed by atoms with E-state index in [4.69, 9.17) is 5.73 Å². The van der Waals surface area contributed by atoms with E-state index in [1.807, 2.05) is 36.9 Å². The van der Waals surface area contributed by atoms with Gasteiger partial charge in [0, 0.05) is 10.5 Å². The van der Waals surface area contributed by atoms with Crippen molar-refractivity contribution in [3.05, 3.63) is 28.2 Å². The van der Waals surface area contributed by atoms with E-state index in [-0.39, 0.29) is 18.5 Å². The molecule has 1 atom stereocenters. The van der Waals surface area contributed by atoms with Crippen LogP contribution in [0.2, 0.25) is 0 Å². The summed E-state index contributed by atoms with van der Waals surface area (Å²) in [6.45, 7) is 5.88. The van der Waals surface area contributed by atoms with E-state index in [0.717, 1.165) is 15.7 Å². The van der Waals surface area contributed by atoms with Crippen LogP contribution < -0.4 is 10.6 Å². The number of anilines is 1. The van der Waals surface area contributed by atoms with Crippen LogP contribution in [0.1, 0.15) is 32.4 Å². The zero-order valence-electron chi connectivity index (χ0n) is 10.9. The van der Waals surface area contributed by atoms with Crippen molar-refractivity contribution in [3.63, 3.8) is 0 Å². The van der Waals surface area contributed by atoms with Crippen molar-refractivity contribution in [3.8, 4) is 0 Å². The molecule has 18 heavy (non-hydrogen) atoms. The lowest BCUT2D eigenvalue weighted by atomic mass is 10.1. The van der Waals surface area contributed by atoms with Gasteiger partial charge in [0.1, 0.15) is 0 Å². The van der Waals surface area contributed by atoms with Gasteiger partial charge in [-0.2, -0.15) is 0 Å². The maximum absolute atomic E-state index is 11.1. The number of halogens is 1. The molecule has 0 heterocycles. The number of nitrogens with two attached hydrogens (primary N) is 1. The number of carbonyl (C=O) groups excluding carboxylic acids is 1. The first-order valence-electron chi connectivity index (χ1n) is 5.85. The first-order valence-corrected chi connectivity index (χ1v) is 6.64. The fourth-order valence-corrected chi connectivity index (χ4v) is 2.35. The molecule has 0 unspecified atom stereocenters. The Morgan fingerprint density at radius 1 is 1.44 bits per heavy atom. The van der Waals surface area contributed by atoms with Gasteiger partial charge in [-0.3, -0.25) is 4.79 Å². The van der Waals surface area contributed by atoms with E-state index >= 15 is 0 Å². The van der Waals surface area contributed by atoms with Crippen LogP contribution in [0.3, 0.4) is 0 Å². The highest BCUT2D eigenvalue weighted by atomic mass is 79.9. The average Bonchev–Trinajstić information content (AvgIpc) is 2.25. The van der Waals surface area contributed by atoms with Crippen LogP contribution in [0.5, 0.6) is 0 Å². The summed E-state index contributed by atoms with van der Waals surface area (Å²) in [6.07, 6.45) is -0.515. The molecule has 100 valence electrons. The minimum absolute atomic E-state index is 0.159. The Morgan fingerprint density at radius 3 is 2.44 bits per heavy atom. The van der Waals surface area contributed by atoms with E-state index in [9.17, 15) is 9.90 Å². The maximum Gasteiger partial charge on any atom is 0.236 e. The van der Waals surface area contributed by atoms with Crippen molar-refractivity contribution < 1.29 is 9.90 Å². The third-order valence-corrected chi connectivity index (χ3v) is 3.35. The molecule has 0 fully saturated rings. The van der Waals surface area contributed by atoms with Gasteiger partial charge in [0.15, 0.2) is 0 Å². The van der Waals surface area contributed by atoms with E-state index in [0.29, 0.717) is 0 Å². The highest BCUT2D eigenvalue weighted by Gasteiger charge is 2.16. The molecule has 1 aromatic rings. The zero-order valence-corrected chi connectivity index (χ0v) is 12.4. The Bertz CT molecular complexity index is 433. The molecule has 5 heteroatoms. The summed E-state index contributed by atoms with van der Waals surface area (Å²) in [7, 11) is 0. The molecule has 0 spiro atoms. The minimum Gasteiger partial charge on any atom is -0.389 e. The van der Waals surface area contributed by atoms with Crippen LogP contribution in [-0.4, -0.2) is 23.6 Å². The van der Waals surface area contributed by atoms with Crippen molar-refractivity contribution in [2.45, 2.75) is 32.9 Å². The molecule has 0 aliphatic rings. The lowest BCUT2D eigenvalue weighted by Gasteiger charge is -2.29. The Balaban J connectivity index is 3.09. The van der Waals surface area contributed by atoms with E-state index < -0.39 is 6.10 Å². The summed E-state index contributed by atoms with van der Waals surface area (Å²) < 4.78 is 0.843. The summed E-state index contributed by atoms with van der Waals surface area (Å²) in [5, 5.41) is 9.52. The highest BCUT2D eigenvalue weighted by molar-refractivity contribution is 9.10. The lowest BCUT2D eigenvalue weighted by molar-refractivity contribution is -0.116. The summed E-state index contributed by atoms with van der Waals surface area (Å²) in [4.78, 5) is 13.0. The van der Waals surface area contributed by atoms with Gasteiger partial charge in [0.25, 0.3) is 0 Å². The molecule has 0 aliphatic carbocycles. The second kappa shape index (κ2) is 6.20. The van der Waals surface area contributed by atoms with Crippen molar-refractivity contribution in [2.75, 3.05) is 11.4 Å². The molecule has 1 aromatic carbocycles.